The number of likely N-dealkylation sites (tertiary alicyclic amines) is 1. The highest BCUT2D eigenvalue weighted by Crippen LogP contribution is 2.36. The van der Waals surface area contributed by atoms with Crippen LogP contribution < -0.4 is 9.47 Å². The van der Waals surface area contributed by atoms with E-state index < -0.39 is 0 Å². The van der Waals surface area contributed by atoms with Gasteiger partial charge in [-0.1, -0.05) is 30.3 Å². The van der Waals surface area contributed by atoms with E-state index in [-0.39, 0.29) is 0 Å². The largest absolute Gasteiger partial charge is 0.497 e. The topological polar surface area (TPSA) is 60.4 Å². The maximum absolute atomic E-state index is 5.56. The third-order valence-electron chi connectivity index (χ3n) is 6.70. The van der Waals surface area contributed by atoms with Crippen molar-refractivity contribution in [1.82, 2.24) is 19.9 Å². The molecule has 0 spiro atoms. The molecule has 0 unspecified atom stereocenters. The fourth-order valence-electron chi connectivity index (χ4n) is 4.80. The van der Waals surface area contributed by atoms with E-state index in [1.54, 1.807) is 26.6 Å². The van der Waals surface area contributed by atoms with Crippen molar-refractivity contribution in [1.29, 1.82) is 0 Å². The van der Waals surface area contributed by atoms with Gasteiger partial charge >= 0.3 is 0 Å². The number of hydrogen-bond donors (Lipinski definition) is 0. The lowest BCUT2D eigenvalue weighted by molar-refractivity contribution is 0.201. The molecule has 0 saturated carbocycles. The summed E-state index contributed by atoms with van der Waals surface area (Å²) in [6.45, 7) is 2.91. The van der Waals surface area contributed by atoms with E-state index in [0.717, 1.165) is 72.2 Å². The number of pyridine rings is 1. The highest BCUT2D eigenvalue weighted by molar-refractivity contribution is 5.69. The predicted molar refractivity (Wildman–Crippen MR) is 137 cm³/mol. The number of para-hydroxylation sites is 1. The first-order chi connectivity index (χ1) is 17.2. The van der Waals surface area contributed by atoms with Crippen molar-refractivity contribution in [2.75, 3.05) is 27.3 Å². The second-order valence-corrected chi connectivity index (χ2v) is 8.82. The Hall–Kier alpha value is -3.77. The molecule has 0 aliphatic carbocycles. The number of nitrogens with zero attached hydrogens (tertiary/aromatic N) is 4. The Kier molecular flexibility index (Phi) is 7.00. The molecule has 6 heteroatoms. The average Bonchev–Trinajstić information content (AvgIpc) is 2.94. The lowest BCUT2D eigenvalue weighted by atomic mass is 9.88. The molecule has 1 saturated heterocycles. The van der Waals surface area contributed by atoms with Crippen LogP contribution in [0.3, 0.4) is 0 Å². The fraction of sp³-hybridized carbons (Fsp3) is 0.276. The van der Waals surface area contributed by atoms with Gasteiger partial charge in [0.15, 0.2) is 5.82 Å². The molecule has 0 bridgehead atoms. The van der Waals surface area contributed by atoms with E-state index in [1.165, 1.54) is 5.56 Å². The van der Waals surface area contributed by atoms with Crippen LogP contribution in [0.5, 0.6) is 11.5 Å². The van der Waals surface area contributed by atoms with Gasteiger partial charge in [0.25, 0.3) is 0 Å². The second-order valence-electron chi connectivity index (χ2n) is 8.82. The fourth-order valence-corrected chi connectivity index (χ4v) is 4.80. The van der Waals surface area contributed by atoms with E-state index in [9.17, 15) is 0 Å². The van der Waals surface area contributed by atoms with Gasteiger partial charge in [-0.3, -0.25) is 9.88 Å². The summed E-state index contributed by atoms with van der Waals surface area (Å²) in [5.74, 6) is 2.88. The van der Waals surface area contributed by atoms with Gasteiger partial charge in [-0.15, -0.1) is 0 Å². The van der Waals surface area contributed by atoms with E-state index in [1.807, 2.05) is 42.6 Å². The summed E-state index contributed by atoms with van der Waals surface area (Å²) >= 11 is 0. The Labute approximate surface area is 206 Å². The van der Waals surface area contributed by atoms with Crippen LogP contribution in [0.4, 0.5) is 0 Å². The number of hydrogen-bond acceptors (Lipinski definition) is 6. The van der Waals surface area contributed by atoms with Crippen LogP contribution in [0.15, 0.2) is 79.3 Å². The first-order valence-corrected chi connectivity index (χ1v) is 12.0. The Bertz CT molecular complexity index is 1270. The normalized spacial score (nSPS) is 14.6. The molecule has 1 fully saturated rings. The zero-order valence-corrected chi connectivity index (χ0v) is 20.2. The van der Waals surface area contributed by atoms with Gasteiger partial charge in [0.1, 0.15) is 11.5 Å². The van der Waals surface area contributed by atoms with E-state index in [0.29, 0.717) is 5.92 Å². The summed E-state index contributed by atoms with van der Waals surface area (Å²) in [5.41, 5.74) is 5.47. The SMILES string of the molecule is COc1cccc(-c2cnc(-c3ccncc3)nc2C2CCN(Cc3ccccc3OC)CC2)c1. The van der Waals surface area contributed by atoms with Crippen LogP contribution in [0.25, 0.3) is 22.5 Å². The van der Waals surface area contributed by atoms with Gasteiger partial charge in [0, 0.05) is 47.7 Å². The summed E-state index contributed by atoms with van der Waals surface area (Å²) < 4.78 is 11.0. The van der Waals surface area contributed by atoms with Crippen LogP contribution in [-0.2, 0) is 6.54 Å². The molecular formula is C29H30N4O2. The maximum Gasteiger partial charge on any atom is 0.159 e. The molecule has 0 N–H and O–H groups in total. The molecule has 3 heterocycles. The molecule has 6 nitrogen and oxygen atoms in total. The molecule has 35 heavy (non-hydrogen) atoms. The Morgan fingerprint density at radius 3 is 2.46 bits per heavy atom. The first kappa shape index (κ1) is 23.0. The molecule has 0 radical (unpaired) electrons. The molecule has 0 atom stereocenters. The predicted octanol–water partition coefficient (Wildman–Crippen LogP) is 5.60. The Morgan fingerprint density at radius 1 is 0.886 bits per heavy atom. The van der Waals surface area contributed by atoms with Crippen molar-refractivity contribution in [3.05, 3.63) is 90.5 Å². The zero-order valence-electron chi connectivity index (χ0n) is 20.2. The molecule has 178 valence electrons. The van der Waals surface area contributed by atoms with Crippen molar-refractivity contribution < 1.29 is 9.47 Å². The molecule has 1 aliphatic rings. The van der Waals surface area contributed by atoms with Crippen molar-refractivity contribution in [3.8, 4) is 34.0 Å². The van der Waals surface area contributed by atoms with Gasteiger partial charge < -0.3 is 9.47 Å². The smallest absolute Gasteiger partial charge is 0.159 e. The third kappa shape index (κ3) is 5.17. The molecule has 5 rings (SSSR count). The van der Waals surface area contributed by atoms with Crippen molar-refractivity contribution in [3.63, 3.8) is 0 Å². The number of piperidine rings is 1. The minimum absolute atomic E-state index is 0.355. The van der Waals surface area contributed by atoms with Gasteiger partial charge in [-0.2, -0.15) is 0 Å². The summed E-state index contributed by atoms with van der Waals surface area (Å²) in [6, 6.07) is 20.3. The quantitative estimate of drug-likeness (QED) is 0.353. The van der Waals surface area contributed by atoms with Crippen LogP contribution in [0, 0.1) is 0 Å². The van der Waals surface area contributed by atoms with Crippen molar-refractivity contribution in [2.24, 2.45) is 0 Å². The number of ether oxygens (including phenoxy) is 2. The molecule has 2 aromatic heterocycles. The van der Waals surface area contributed by atoms with Crippen LogP contribution in [0.1, 0.15) is 30.0 Å². The van der Waals surface area contributed by atoms with Crippen LogP contribution in [-0.4, -0.2) is 47.2 Å². The van der Waals surface area contributed by atoms with Crippen molar-refractivity contribution >= 4 is 0 Å². The highest BCUT2D eigenvalue weighted by Gasteiger charge is 2.26. The Balaban J connectivity index is 1.42. The molecule has 1 aliphatic heterocycles. The van der Waals surface area contributed by atoms with Gasteiger partial charge in [0.05, 0.1) is 19.9 Å². The summed E-state index contributed by atoms with van der Waals surface area (Å²) in [6.07, 6.45) is 7.61. The monoisotopic (exact) mass is 466 g/mol. The summed E-state index contributed by atoms with van der Waals surface area (Å²) in [4.78, 5) is 16.5. The van der Waals surface area contributed by atoms with Gasteiger partial charge in [0.2, 0.25) is 0 Å². The number of rotatable bonds is 7. The average molecular weight is 467 g/mol. The van der Waals surface area contributed by atoms with Crippen molar-refractivity contribution in [2.45, 2.75) is 25.3 Å². The standard InChI is InChI=1S/C29H30N4O2/c1-34-25-8-5-7-23(18-25)26-19-31-29(22-10-14-30-15-11-22)32-28(26)21-12-16-33(17-13-21)20-24-6-3-4-9-27(24)35-2/h3-11,14-15,18-19,21H,12-13,16-17,20H2,1-2H3. The molecule has 0 amide bonds. The first-order valence-electron chi connectivity index (χ1n) is 12.0. The number of methoxy groups -OCH3 is 2. The second kappa shape index (κ2) is 10.7. The summed E-state index contributed by atoms with van der Waals surface area (Å²) in [5, 5.41) is 0. The Morgan fingerprint density at radius 2 is 1.69 bits per heavy atom. The minimum Gasteiger partial charge on any atom is -0.497 e. The molecule has 4 aromatic rings. The van der Waals surface area contributed by atoms with E-state index in [4.69, 9.17) is 19.4 Å². The molecular weight excluding hydrogens is 436 g/mol. The van der Waals surface area contributed by atoms with E-state index in [2.05, 4.69) is 34.1 Å². The number of aromatic nitrogens is 3. The van der Waals surface area contributed by atoms with Gasteiger partial charge in [-0.25, -0.2) is 9.97 Å². The maximum atomic E-state index is 5.56. The van der Waals surface area contributed by atoms with Crippen LogP contribution in [0.2, 0.25) is 0 Å². The number of benzene rings is 2. The summed E-state index contributed by atoms with van der Waals surface area (Å²) in [7, 11) is 3.43. The van der Waals surface area contributed by atoms with E-state index >= 15 is 0 Å². The zero-order chi connectivity index (χ0) is 24.0. The third-order valence-corrected chi connectivity index (χ3v) is 6.70. The lowest BCUT2D eigenvalue weighted by Crippen LogP contribution is -2.33. The van der Waals surface area contributed by atoms with Gasteiger partial charge in [-0.05, 0) is 61.8 Å². The minimum atomic E-state index is 0.355. The molecule has 2 aromatic carbocycles. The van der Waals surface area contributed by atoms with Crippen LogP contribution >= 0.6 is 0 Å². The highest BCUT2D eigenvalue weighted by atomic mass is 16.5. The lowest BCUT2D eigenvalue weighted by Gasteiger charge is -2.32.